The van der Waals surface area contributed by atoms with Crippen LogP contribution in [0.1, 0.15) is 34.2 Å². The molecule has 3 aliphatic heterocycles. The summed E-state index contributed by atoms with van der Waals surface area (Å²) in [6.07, 6.45) is 6.38. The van der Waals surface area contributed by atoms with E-state index in [1.165, 1.54) is 0 Å². The molecule has 0 amide bonds. The fraction of sp³-hybridized carbons (Fsp3) is 0.640. The predicted molar refractivity (Wildman–Crippen MR) is 124 cm³/mol. The summed E-state index contributed by atoms with van der Waals surface area (Å²) < 4.78 is 67.4. The molecular formula is C25H33F3N4O3. The van der Waals surface area contributed by atoms with Gasteiger partial charge in [-0.15, -0.1) is 0 Å². The number of likely N-dealkylation sites (tertiary alicyclic amines) is 2. The number of rotatable bonds is 9. The van der Waals surface area contributed by atoms with Crippen molar-refractivity contribution in [1.29, 1.82) is 0 Å². The van der Waals surface area contributed by atoms with E-state index in [0.717, 1.165) is 25.3 Å². The van der Waals surface area contributed by atoms with Crippen molar-refractivity contribution in [3.63, 3.8) is 0 Å². The number of hydrogen-bond acceptors (Lipinski definition) is 7. The van der Waals surface area contributed by atoms with Crippen LogP contribution in [0.3, 0.4) is 0 Å². The maximum atomic E-state index is 14.4. The van der Waals surface area contributed by atoms with E-state index in [1.807, 2.05) is 25.1 Å². The van der Waals surface area contributed by atoms with E-state index >= 15 is 0 Å². The minimum atomic E-state index is -3.29. The number of allylic oxidation sites excluding steroid dienone is 1. The molecule has 2 unspecified atom stereocenters. The first-order valence-corrected chi connectivity index (χ1v) is 12.1. The molecule has 0 saturated carbocycles. The van der Waals surface area contributed by atoms with Crippen LogP contribution in [0, 0.1) is 11.8 Å². The molecule has 0 spiro atoms. The van der Waals surface area contributed by atoms with Gasteiger partial charge in [0.25, 0.3) is 5.92 Å². The van der Waals surface area contributed by atoms with Gasteiger partial charge in [0, 0.05) is 31.6 Å². The van der Waals surface area contributed by atoms with Gasteiger partial charge in [-0.25, -0.2) is 8.78 Å². The van der Waals surface area contributed by atoms with Crippen molar-refractivity contribution in [3.05, 3.63) is 47.7 Å². The van der Waals surface area contributed by atoms with Gasteiger partial charge in [0.1, 0.15) is 9.35 Å². The Bertz CT molecular complexity index is 1040. The van der Waals surface area contributed by atoms with E-state index in [1.54, 1.807) is 17.2 Å². The zero-order valence-corrected chi connectivity index (χ0v) is 19.7. The zero-order valence-electron chi connectivity index (χ0n) is 21.7. The van der Waals surface area contributed by atoms with Crippen molar-refractivity contribution in [2.75, 3.05) is 51.5 Å². The average Bonchev–Trinajstić information content (AvgIpc) is 3.13. The van der Waals surface area contributed by atoms with Crippen LogP contribution in [0.2, 0.25) is 0 Å². The second kappa shape index (κ2) is 9.99. The molecule has 4 atom stereocenters. The summed E-state index contributed by atoms with van der Waals surface area (Å²) in [5, 5.41) is 12.7. The number of anilines is 1. The predicted octanol–water partition coefficient (Wildman–Crippen LogP) is 3.32. The second-order valence-corrected chi connectivity index (χ2v) is 9.92. The molecule has 4 aliphatic rings. The number of aliphatic hydroxyl groups is 1. The number of ether oxygens (including phenoxy) is 2. The van der Waals surface area contributed by atoms with E-state index in [9.17, 15) is 18.3 Å². The lowest BCUT2D eigenvalue weighted by atomic mass is 9.73. The molecule has 3 saturated heterocycles. The van der Waals surface area contributed by atoms with Crippen LogP contribution >= 0.6 is 0 Å². The molecule has 0 radical (unpaired) electrons. The number of piperidine rings is 1. The number of fused-ring (bicyclic) bond motifs is 2. The summed E-state index contributed by atoms with van der Waals surface area (Å²) in [5.74, 6) is -3.07. The van der Waals surface area contributed by atoms with Crippen LogP contribution in [-0.2, 0) is 9.47 Å². The number of aliphatic hydroxyl groups excluding tert-OH is 1. The number of alkyl halides is 3. The second-order valence-electron chi connectivity index (χ2n) is 9.92. The Morgan fingerprint density at radius 2 is 2.03 bits per heavy atom. The van der Waals surface area contributed by atoms with Gasteiger partial charge < -0.3 is 19.9 Å². The Kier molecular flexibility index (Phi) is 6.26. The standard InChI is InChI=1S/C25H33F3N4O3/c1-16-7-17-8-22-23(35-15-34-22)9-20(17)24(32(16)13-25(27,28)14-33)21-4-3-18(10-29-21)30-19-11-31(12-19)6-2-5-26/h3-4,8-10,16-17,19-20,24,30,33H,2,5-7,11-15H2,1H3/t16-,17?,20?,24+/m1/s1/i15D2. The van der Waals surface area contributed by atoms with Crippen molar-refractivity contribution in [2.45, 2.75) is 43.8 Å². The van der Waals surface area contributed by atoms with Crippen LogP contribution in [-0.4, -0.2) is 84.1 Å². The number of hydrogen-bond donors (Lipinski definition) is 2. The monoisotopic (exact) mass is 496 g/mol. The molecule has 4 heterocycles. The summed E-state index contributed by atoms with van der Waals surface area (Å²) >= 11 is 0. The molecule has 35 heavy (non-hydrogen) atoms. The molecular weight excluding hydrogens is 461 g/mol. The molecule has 1 aliphatic carbocycles. The molecule has 192 valence electrons. The topological polar surface area (TPSA) is 70.1 Å². The summed E-state index contributed by atoms with van der Waals surface area (Å²) in [6, 6.07) is 3.16. The first-order chi connectivity index (χ1) is 17.6. The molecule has 10 heteroatoms. The summed E-state index contributed by atoms with van der Waals surface area (Å²) in [7, 11) is 0. The fourth-order valence-corrected chi connectivity index (χ4v) is 5.59. The highest BCUT2D eigenvalue weighted by Crippen LogP contribution is 2.48. The van der Waals surface area contributed by atoms with E-state index in [-0.39, 0.29) is 36.4 Å². The Balaban J connectivity index is 1.38. The summed E-state index contributed by atoms with van der Waals surface area (Å²) in [6.45, 7) is -0.200. The van der Waals surface area contributed by atoms with E-state index < -0.39 is 31.9 Å². The molecule has 3 fully saturated rings. The average molecular weight is 497 g/mol. The molecule has 1 aromatic heterocycles. The smallest absolute Gasteiger partial charge is 0.283 e. The Labute approximate surface area is 206 Å². The van der Waals surface area contributed by atoms with Gasteiger partial charge in [-0.3, -0.25) is 19.2 Å². The van der Waals surface area contributed by atoms with Crippen LogP contribution < -0.4 is 5.32 Å². The van der Waals surface area contributed by atoms with E-state index in [4.69, 9.17) is 12.2 Å². The Morgan fingerprint density at radius 3 is 2.71 bits per heavy atom. The third-order valence-electron chi connectivity index (χ3n) is 7.32. The quantitative estimate of drug-likeness (QED) is 0.544. The molecule has 1 aromatic rings. The van der Waals surface area contributed by atoms with Gasteiger partial charge >= 0.3 is 0 Å². The fourth-order valence-electron chi connectivity index (χ4n) is 5.59. The summed E-state index contributed by atoms with van der Waals surface area (Å²) in [4.78, 5) is 8.52. The van der Waals surface area contributed by atoms with Gasteiger partial charge in [-0.2, -0.15) is 0 Å². The molecule has 5 rings (SSSR count). The SMILES string of the molecule is [2H]C1([2H])OC2=CC3C[C@@H](C)N(CC(F)(F)CO)[C@H](c4ccc(NC5CN(CCCF)C5)cn4)C3C=C2O1. The van der Waals surface area contributed by atoms with Crippen LogP contribution in [0.25, 0.3) is 0 Å². The minimum absolute atomic E-state index is 0.0832. The van der Waals surface area contributed by atoms with Crippen molar-refractivity contribution < 1.29 is 30.5 Å². The van der Waals surface area contributed by atoms with E-state index in [2.05, 4.69) is 15.2 Å². The highest BCUT2D eigenvalue weighted by atomic mass is 19.3. The Hall–Kier alpha value is -2.30. The van der Waals surface area contributed by atoms with Gasteiger partial charge in [-0.1, -0.05) is 0 Å². The third-order valence-corrected chi connectivity index (χ3v) is 7.32. The molecule has 7 nitrogen and oxygen atoms in total. The normalized spacial score (nSPS) is 31.6. The molecule has 0 bridgehead atoms. The number of aromatic nitrogens is 1. The summed E-state index contributed by atoms with van der Waals surface area (Å²) in [5.41, 5.74) is 1.42. The lowest BCUT2D eigenvalue weighted by Gasteiger charge is -2.49. The first-order valence-electron chi connectivity index (χ1n) is 13.1. The minimum Gasteiger partial charge on any atom is -0.454 e. The van der Waals surface area contributed by atoms with Gasteiger partial charge in [0.2, 0.25) is 6.75 Å². The van der Waals surface area contributed by atoms with Gasteiger partial charge in [0.15, 0.2) is 11.5 Å². The van der Waals surface area contributed by atoms with Crippen molar-refractivity contribution >= 4 is 5.69 Å². The number of halogens is 3. The Morgan fingerprint density at radius 1 is 1.26 bits per heavy atom. The van der Waals surface area contributed by atoms with Crippen molar-refractivity contribution in [3.8, 4) is 0 Å². The molecule has 0 aromatic carbocycles. The lowest BCUT2D eigenvalue weighted by Crippen LogP contribution is -2.54. The van der Waals surface area contributed by atoms with Crippen molar-refractivity contribution in [1.82, 2.24) is 14.8 Å². The van der Waals surface area contributed by atoms with Gasteiger partial charge in [-0.05, 0) is 50.0 Å². The van der Waals surface area contributed by atoms with Crippen LogP contribution in [0.5, 0.6) is 0 Å². The van der Waals surface area contributed by atoms with E-state index in [0.29, 0.717) is 24.3 Å². The number of nitrogens with one attached hydrogen (secondary N) is 1. The highest BCUT2D eigenvalue weighted by molar-refractivity contribution is 5.44. The largest absolute Gasteiger partial charge is 0.454 e. The maximum Gasteiger partial charge on any atom is 0.283 e. The first kappa shape index (κ1) is 21.9. The lowest BCUT2D eigenvalue weighted by molar-refractivity contribution is -0.103. The van der Waals surface area contributed by atoms with Gasteiger partial charge in [0.05, 0.1) is 42.9 Å². The molecule has 2 N–H and O–H groups in total. The van der Waals surface area contributed by atoms with Crippen LogP contribution in [0.15, 0.2) is 42.0 Å². The maximum absolute atomic E-state index is 14.4. The van der Waals surface area contributed by atoms with Crippen LogP contribution in [0.4, 0.5) is 18.9 Å². The van der Waals surface area contributed by atoms with Crippen molar-refractivity contribution in [2.24, 2.45) is 11.8 Å². The highest BCUT2D eigenvalue weighted by Gasteiger charge is 2.47. The number of pyridine rings is 1. The zero-order chi connectivity index (χ0) is 26.4. The third kappa shape index (κ3) is 5.15. The number of nitrogens with zero attached hydrogens (tertiary/aromatic N) is 3.